The molecule has 0 N–H and O–H groups in total. The Morgan fingerprint density at radius 2 is 2.08 bits per heavy atom. The minimum absolute atomic E-state index is 0.279. The Morgan fingerprint density at radius 1 is 1.28 bits per heavy atom. The number of carbonyl (C=O) groups is 1. The predicted octanol–water partition coefficient (Wildman–Crippen LogP) is 4.16. The number of imidazole rings is 1. The van der Waals surface area contributed by atoms with Crippen molar-refractivity contribution in [3.63, 3.8) is 0 Å². The summed E-state index contributed by atoms with van der Waals surface area (Å²) in [5.41, 5.74) is 1.31. The van der Waals surface area contributed by atoms with Gasteiger partial charge in [0.15, 0.2) is 0 Å². The Hall–Kier alpha value is -2.10. The Labute approximate surface area is 150 Å². The average Bonchev–Trinajstić information content (AvgIpc) is 3.08. The minimum Gasteiger partial charge on any atom is -0.338 e. The van der Waals surface area contributed by atoms with Gasteiger partial charge in [0, 0.05) is 25.4 Å². The molecule has 0 saturated carbocycles. The molecule has 2 heterocycles. The molecule has 2 unspecified atom stereocenters. The first kappa shape index (κ1) is 17.7. The molecule has 1 fully saturated rings. The number of hydrogen-bond donors (Lipinski definition) is 0. The van der Waals surface area contributed by atoms with Crippen molar-refractivity contribution < 1.29 is 4.79 Å². The number of nitrogens with zero attached hydrogens (tertiary/aromatic N) is 3. The van der Waals surface area contributed by atoms with Gasteiger partial charge in [-0.2, -0.15) is 0 Å². The van der Waals surface area contributed by atoms with E-state index in [2.05, 4.69) is 45.6 Å². The third-order valence-electron chi connectivity index (χ3n) is 5.43. The molecular formula is C21H29N3O. The Morgan fingerprint density at radius 3 is 2.80 bits per heavy atom. The monoisotopic (exact) mass is 339 g/mol. The SMILES string of the molecule is Cc1nccn1C(C)C1CCCCN1C(=O)CCCc1ccccc1. The molecule has 0 bridgehead atoms. The highest BCUT2D eigenvalue weighted by molar-refractivity contribution is 5.76. The molecule has 25 heavy (non-hydrogen) atoms. The van der Waals surface area contributed by atoms with E-state index in [0.29, 0.717) is 12.3 Å². The van der Waals surface area contributed by atoms with Crippen LogP contribution in [-0.2, 0) is 11.2 Å². The fourth-order valence-electron chi connectivity index (χ4n) is 4.00. The third kappa shape index (κ3) is 4.30. The smallest absolute Gasteiger partial charge is 0.222 e. The highest BCUT2D eigenvalue weighted by Crippen LogP contribution is 2.28. The van der Waals surface area contributed by atoms with Crippen molar-refractivity contribution in [1.82, 2.24) is 14.5 Å². The van der Waals surface area contributed by atoms with Crippen LogP contribution in [0.2, 0.25) is 0 Å². The molecule has 1 amide bonds. The first-order valence-corrected chi connectivity index (χ1v) is 9.49. The van der Waals surface area contributed by atoms with Crippen LogP contribution in [0, 0.1) is 6.92 Å². The van der Waals surface area contributed by atoms with Gasteiger partial charge in [-0.3, -0.25) is 4.79 Å². The van der Waals surface area contributed by atoms with E-state index < -0.39 is 0 Å². The van der Waals surface area contributed by atoms with Crippen molar-refractivity contribution in [2.24, 2.45) is 0 Å². The first-order chi connectivity index (χ1) is 12.2. The van der Waals surface area contributed by atoms with Crippen LogP contribution in [0.25, 0.3) is 0 Å². The van der Waals surface area contributed by atoms with Gasteiger partial charge in [0.2, 0.25) is 5.91 Å². The zero-order valence-corrected chi connectivity index (χ0v) is 15.4. The Bertz CT molecular complexity index is 679. The van der Waals surface area contributed by atoms with E-state index in [4.69, 9.17) is 0 Å². The van der Waals surface area contributed by atoms with Crippen LogP contribution in [-0.4, -0.2) is 32.9 Å². The van der Waals surface area contributed by atoms with Gasteiger partial charge in [0.25, 0.3) is 0 Å². The van der Waals surface area contributed by atoms with E-state index in [0.717, 1.165) is 38.1 Å². The summed E-state index contributed by atoms with van der Waals surface area (Å²) in [6, 6.07) is 11.0. The zero-order valence-electron chi connectivity index (χ0n) is 15.4. The molecule has 1 aromatic heterocycles. The first-order valence-electron chi connectivity index (χ1n) is 9.49. The molecule has 0 spiro atoms. The summed E-state index contributed by atoms with van der Waals surface area (Å²) in [5.74, 6) is 1.33. The van der Waals surface area contributed by atoms with E-state index in [9.17, 15) is 4.79 Å². The molecule has 1 aromatic carbocycles. The highest BCUT2D eigenvalue weighted by atomic mass is 16.2. The second kappa shape index (κ2) is 8.32. The van der Waals surface area contributed by atoms with E-state index in [1.165, 1.54) is 12.0 Å². The number of aromatic nitrogens is 2. The van der Waals surface area contributed by atoms with E-state index in [1.54, 1.807) is 0 Å². The molecule has 1 saturated heterocycles. The fraction of sp³-hybridized carbons (Fsp3) is 0.524. The van der Waals surface area contributed by atoms with Gasteiger partial charge in [-0.05, 0) is 51.5 Å². The van der Waals surface area contributed by atoms with Crippen LogP contribution in [0.3, 0.4) is 0 Å². The van der Waals surface area contributed by atoms with Crippen LogP contribution >= 0.6 is 0 Å². The number of likely N-dealkylation sites (tertiary alicyclic amines) is 1. The molecule has 134 valence electrons. The summed E-state index contributed by atoms with van der Waals surface area (Å²) >= 11 is 0. The fourth-order valence-corrected chi connectivity index (χ4v) is 4.00. The maximum atomic E-state index is 12.9. The van der Waals surface area contributed by atoms with Gasteiger partial charge in [0.05, 0.1) is 12.1 Å². The quantitative estimate of drug-likeness (QED) is 0.793. The Balaban J connectivity index is 1.60. The second-order valence-corrected chi connectivity index (χ2v) is 7.11. The van der Waals surface area contributed by atoms with Gasteiger partial charge in [-0.15, -0.1) is 0 Å². The van der Waals surface area contributed by atoms with Crippen LogP contribution in [0.15, 0.2) is 42.7 Å². The van der Waals surface area contributed by atoms with Crippen molar-refractivity contribution in [3.8, 4) is 0 Å². The lowest BCUT2D eigenvalue weighted by Crippen LogP contribution is -2.47. The van der Waals surface area contributed by atoms with Crippen molar-refractivity contribution in [1.29, 1.82) is 0 Å². The molecule has 4 nitrogen and oxygen atoms in total. The summed E-state index contributed by atoms with van der Waals surface area (Å²) in [4.78, 5) is 19.3. The molecule has 4 heteroatoms. The molecule has 0 radical (unpaired) electrons. The van der Waals surface area contributed by atoms with Crippen LogP contribution < -0.4 is 0 Å². The van der Waals surface area contributed by atoms with Gasteiger partial charge >= 0.3 is 0 Å². The van der Waals surface area contributed by atoms with Gasteiger partial charge < -0.3 is 9.47 Å². The van der Waals surface area contributed by atoms with Gasteiger partial charge in [-0.25, -0.2) is 4.98 Å². The lowest BCUT2D eigenvalue weighted by molar-refractivity contribution is -0.136. The zero-order chi connectivity index (χ0) is 17.6. The number of aryl methyl sites for hydroxylation is 2. The Kier molecular flexibility index (Phi) is 5.90. The average molecular weight is 339 g/mol. The number of amides is 1. The topological polar surface area (TPSA) is 38.1 Å². The van der Waals surface area contributed by atoms with Crippen molar-refractivity contribution in [2.45, 2.75) is 64.5 Å². The summed E-state index contributed by atoms with van der Waals surface area (Å²) < 4.78 is 2.21. The standard InChI is InChI=1S/C21H29N3O/c1-17(23-16-14-22-18(23)2)20-12-6-7-15-24(20)21(25)13-8-11-19-9-4-3-5-10-19/h3-5,9-10,14,16-17,20H,6-8,11-13,15H2,1-2H3. The van der Waals surface area contributed by atoms with Crippen molar-refractivity contribution >= 4 is 5.91 Å². The lowest BCUT2D eigenvalue weighted by Gasteiger charge is -2.40. The van der Waals surface area contributed by atoms with Gasteiger partial charge in [-0.1, -0.05) is 30.3 Å². The number of carbonyl (C=O) groups excluding carboxylic acids is 1. The van der Waals surface area contributed by atoms with Crippen molar-refractivity contribution in [2.75, 3.05) is 6.54 Å². The largest absolute Gasteiger partial charge is 0.338 e. The summed E-state index contributed by atoms with van der Waals surface area (Å²) in [7, 11) is 0. The molecule has 0 aliphatic carbocycles. The van der Waals surface area contributed by atoms with Gasteiger partial charge in [0.1, 0.15) is 5.82 Å². The molecule has 2 atom stereocenters. The summed E-state index contributed by atoms with van der Waals surface area (Å²) in [5, 5.41) is 0. The van der Waals surface area contributed by atoms with Crippen LogP contribution in [0.5, 0.6) is 0 Å². The van der Waals surface area contributed by atoms with E-state index in [-0.39, 0.29) is 12.1 Å². The molecule has 1 aliphatic rings. The van der Waals surface area contributed by atoms with Crippen LogP contribution in [0.1, 0.15) is 56.5 Å². The third-order valence-corrected chi connectivity index (χ3v) is 5.43. The predicted molar refractivity (Wildman–Crippen MR) is 100 cm³/mol. The van der Waals surface area contributed by atoms with E-state index >= 15 is 0 Å². The number of hydrogen-bond acceptors (Lipinski definition) is 2. The number of piperidine rings is 1. The highest BCUT2D eigenvalue weighted by Gasteiger charge is 2.31. The molecule has 3 rings (SSSR count). The molecule has 1 aliphatic heterocycles. The maximum absolute atomic E-state index is 12.9. The second-order valence-electron chi connectivity index (χ2n) is 7.11. The van der Waals surface area contributed by atoms with E-state index in [1.807, 2.05) is 25.4 Å². The van der Waals surface area contributed by atoms with Crippen molar-refractivity contribution in [3.05, 3.63) is 54.1 Å². The lowest BCUT2D eigenvalue weighted by atomic mass is 9.95. The summed E-state index contributed by atoms with van der Waals surface area (Å²) in [6.07, 6.45) is 9.83. The number of rotatable bonds is 6. The van der Waals surface area contributed by atoms with Crippen LogP contribution in [0.4, 0.5) is 0 Å². The minimum atomic E-state index is 0.279. The maximum Gasteiger partial charge on any atom is 0.222 e. The molecular weight excluding hydrogens is 310 g/mol. The number of benzene rings is 1. The normalized spacial score (nSPS) is 19.0. The molecule has 2 aromatic rings. The summed E-state index contributed by atoms with van der Waals surface area (Å²) in [6.45, 7) is 5.15.